The summed E-state index contributed by atoms with van der Waals surface area (Å²) in [5.74, 6) is 0.860. The number of nitrogens with zero attached hydrogens (tertiary/aromatic N) is 3. The van der Waals surface area contributed by atoms with E-state index in [9.17, 15) is 9.59 Å². The second kappa shape index (κ2) is 12.2. The molecular weight excluding hydrogens is 390 g/mol. The molecule has 0 aliphatic rings. The van der Waals surface area contributed by atoms with E-state index in [1.165, 1.54) is 0 Å². The molecule has 2 amide bonds. The highest BCUT2D eigenvalue weighted by atomic mass is 16.5. The van der Waals surface area contributed by atoms with Crippen molar-refractivity contribution in [3.05, 3.63) is 53.9 Å². The number of ether oxygens (including phenoxy) is 1. The highest BCUT2D eigenvalue weighted by Crippen LogP contribution is 2.17. The van der Waals surface area contributed by atoms with Gasteiger partial charge >= 0.3 is 0 Å². The van der Waals surface area contributed by atoms with Crippen LogP contribution in [0.15, 0.2) is 42.6 Å². The average molecular weight is 428 g/mol. The van der Waals surface area contributed by atoms with Gasteiger partial charge in [0.15, 0.2) is 0 Å². The Morgan fingerprint density at radius 2 is 1.87 bits per heavy atom. The Balaban J connectivity index is 2.18. The molecule has 2 rings (SSSR count). The van der Waals surface area contributed by atoms with Gasteiger partial charge in [0.05, 0.1) is 20.2 Å². The average Bonchev–Trinajstić information content (AvgIpc) is 3.22. The van der Waals surface area contributed by atoms with Crippen LogP contribution in [0.25, 0.3) is 0 Å². The molecular formula is C25H37N3O3. The minimum absolute atomic E-state index is 0.00118. The molecule has 0 saturated carbocycles. The summed E-state index contributed by atoms with van der Waals surface area (Å²) in [6.45, 7) is 10.00. The lowest BCUT2D eigenvalue weighted by atomic mass is 10.2. The topological polar surface area (TPSA) is 54.8 Å². The van der Waals surface area contributed by atoms with E-state index in [-0.39, 0.29) is 24.4 Å². The molecule has 1 atom stereocenters. The fraction of sp³-hybridized carbons (Fsp3) is 0.520. The molecule has 170 valence electrons. The Bertz CT molecular complexity index is 846. The van der Waals surface area contributed by atoms with Crippen LogP contribution in [-0.2, 0) is 22.7 Å². The number of aromatic nitrogens is 1. The van der Waals surface area contributed by atoms with Crippen molar-refractivity contribution >= 4 is 11.8 Å². The molecule has 0 N–H and O–H groups in total. The van der Waals surface area contributed by atoms with Gasteiger partial charge in [0.2, 0.25) is 11.8 Å². The smallest absolute Gasteiger partial charge is 0.242 e. The van der Waals surface area contributed by atoms with Gasteiger partial charge in [0.25, 0.3) is 0 Å². The summed E-state index contributed by atoms with van der Waals surface area (Å²) in [5.41, 5.74) is 2.21. The van der Waals surface area contributed by atoms with Crippen LogP contribution in [0.5, 0.6) is 5.75 Å². The Morgan fingerprint density at radius 3 is 2.52 bits per heavy atom. The first-order valence-electron chi connectivity index (χ1n) is 11.3. The maximum atomic E-state index is 13.2. The van der Waals surface area contributed by atoms with E-state index in [2.05, 4.69) is 30.5 Å². The summed E-state index contributed by atoms with van der Waals surface area (Å²) in [6.07, 6.45) is 4.15. The van der Waals surface area contributed by atoms with Gasteiger partial charge in [0.1, 0.15) is 5.75 Å². The second-order valence-electron chi connectivity index (χ2n) is 7.93. The van der Waals surface area contributed by atoms with Gasteiger partial charge in [-0.3, -0.25) is 9.59 Å². The van der Waals surface area contributed by atoms with Crippen LogP contribution in [0.3, 0.4) is 0 Å². The van der Waals surface area contributed by atoms with Crippen LogP contribution < -0.4 is 4.74 Å². The van der Waals surface area contributed by atoms with E-state index in [4.69, 9.17) is 4.74 Å². The van der Waals surface area contributed by atoms with Gasteiger partial charge in [-0.1, -0.05) is 32.9 Å². The molecule has 1 aromatic heterocycles. The molecule has 31 heavy (non-hydrogen) atoms. The molecule has 1 aromatic carbocycles. The molecule has 6 heteroatoms. The van der Waals surface area contributed by atoms with E-state index >= 15 is 0 Å². The predicted octanol–water partition coefficient (Wildman–Crippen LogP) is 4.32. The normalized spacial score (nSPS) is 11.8. The first-order chi connectivity index (χ1) is 14.9. The molecule has 6 nitrogen and oxygen atoms in total. The zero-order chi connectivity index (χ0) is 22.8. The Morgan fingerprint density at radius 1 is 1.10 bits per heavy atom. The minimum Gasteiger partial charge on any atom is -0.497 e. The predicted molar refractivity (Wildman–Crippen MR) is 124 cm³/mol. The van der Waals surface area contributed by atoms with Gasteiger partial charge in [-0.2, -0.15) is 0 Å². The van der Waals surface area contributed by atoms with Crippen LogP contribution in [0.2, 0.25) is 0 Å². The number of hydrogen-bond acceptors (Lipinski definition) is 3. The molecule has 2 aromatic rings. The SMILES string of the molecule is CCCN(CC(=O)N(Cc1cccn1Cc1cccc(OC)c1)[C@@H](C)CC)C(=O)CC. The van der Waals surface area contributed by atoms with Gasteiger partial charge in [0, 0.05) is 37.4 Å². The zero-order valence-corrected chi connectivity index (χ0v) is 19.6. The number of carbonyl (C=O) groups is 2. The van der Waals surface area contributed by atoms with Crippen LogP contribution in [0.4, 0.5) is 0 Å². The molecule has 0 saturated heterocycles. The van der Waals surface area contributed by atoms with E-state index in [0.717, 1.165) is 29.8 Å². The first kappa shape index (κ1) is 24.5. The highest BCUT2D eigenvalue weighted by Gasteiger charge is 2.24. The lowest BCUT2D eigenvalue weighted by Crippen LogP contribution is -2.46. The quantitative estimate of drug-likeness (QED) is 0.507. The molecule has 1 heterocycles. The van der Waals surface area contributed by atoms with Crippen molar-refractivity contribution in [3.63, 3.8) is 0 Å². The fourth-order valence-corrected chi connectivity index (χ4v) is 3.64. The number of rotatable bonds is 12. The van der Waals surface area contributed by atoms with E-state index < -0.39 is 0 Å². The molecule has 0 radical (unpaired) electrons. The van der Waals surface area contributed by atoms with E-state index in [1.54, 1.807) is 12.0 Å². The third kappa shape index (κ3) is 6.88. The standard InChI is InChI=1S/C25H37N3O3/c1-6-14-27(24(29)8-3)19-25(30)28(20(4)7-2)18-22-12-10-15-26(22)17-21-11-9-13-23(16-21)31-5/h9-13,15-16,20H,6-8,14,17-19H2,1-5H3/t20-/m0/s1. The van der Waals surface area contributed by atoms with Crippen molar-refractivity contribution < 1.29 is 14.3 Å². The maximum absolute atomic E-state index is 13.2. The van der Waals surface area contributed by atoms with Crippen molar-refractivity contribution in [2.75, 3.05) is 20.2 Å². The molecule has 0 fully saturated rings. The van der Waals surface area contributed by atoms with Crippen molar-refractivity contribution in [1.82, 2.24) is 14.4 Å². The van der Waals surface area contributed by atoms with E-state index in [1.807, 2.05) is 49.2 Å². The summed E-state index contributed by atoms with van der Waals surface area (Å²) in [5, 5.41) is 0. The van der Waals surface area contributed by atoms with Gasteiger partial charge < -0.3 is 19.1 Å². The minimum atomic E-state index is -0.00118. The summed E-state index contributed by atoms with van der Waals surface area (Å²) in [7, 11) is 1.67. The highest BCUT2D eigenvalue weighted by molar-refractivity contribution is 5.84. The van der Waals surface area contributed by atoms with Crippen molar-refractivity contribution in [1.29, 1.82) is 0 Å². The van der Waals surface area contributed by atoms with Crippen molar-refractivity contribution in [2.24, 2.45) is 0 Å². The summed E-state index contributed by atoms with van der Waals surface area (Å²) >= 11 is 0. The van der Waals surface area contributed by atoms with Gasteiger partial charge in [-0.05, 0) is 49.6 Å². The van der Waals surface area contributed by atoms with Crippen LogP contribution >= 0.6 is 0 Å². The summed E-state index contributed by atoms with van der Waals surface area (Å²) < 4.78 is 7.50. The Hall–Kier alpha value is -2.76. The maximum Gasteiger partial charge on any atom is 0.242 e. The van der Waals surface area contributed by atoms with Crippen LogP contribution in [-0.4, -0.2) is 52.4 Å². The Kier molecular flexibility index (Phi) is 9.63. The number of hydrogen-bond donors (Lipinski definition) is 0. The molecule has 0 bridgehead atoms. The van der Waals surface area contributed by atoms with Crippen molar-refractivity contribution in [2.45, 2.75) is 66.1 Å². The van der Waals surface area contributed by atoms with Crippen LogP contribution in [0.1, 0.15) is 58.2 Å². The first-order valence-corrected chi connectivity index (χ1v) is 11.3. The molecule has 0 unspecified atom stereocenters. The van der Waals surface area contributed by atoms with Crippen LogP contribution in [0, 0.1) is 0 Å². The summed E-state index contributed by atoms with van der Waals surface area (Å²) in [6, 6.07) is 12.2. The lowest BCUT2D eigenvalue weighted by molar-refractivity contribution is -0.142. The van der Waals surface area contributed by atoms with Gasteiger partial charge in [-0.25, -0.2) is 0 Å². The third-order valence-corrected chi connectivity index (χ3v) is 5.66. The molecule has 0 aliphatic carbocycles. The summed E-state index contributed by atoms with van der Waals surface area (Å²) in [4.78, 5) is 29.1. The zero-order valence-electron chi connectivity index (χ0n) is 19.6. The monoisotopic (exact) mass is 427 g/mol. The Labute approximate surface area is 186 Å². The molecule has 0 aliphatic heterocycles. The van der Waals surface area contributed by atoms with Gasteiger partial charge in [-0.15, -0.1) is 0 Å². The number of carbonyl (C=O) groups excluding carboxylic acids is 2. The fourth-order valence-electron chi connectivity index (χ4n) is 3.64. The van der Waals surface area contributed by atoms with E-state index in [0.29, 0.717) is 26.1 Å². The number of methoxy groups -OCH3 is 1. The number of benzene rings is 1. The third-order valence-electron chi connectivity index (χ3n) is 5.66. The largest absolute Gasteiger partial charge is 0.497 e. The molecule has 0 spiro atoms. The second-order valence-corrected chi connectivity index (χ2v) is 7.93. The lowest BCUT2D eigenvalue weighted by Gasteiger charge is -2.32. The van der Waals surface area contributed by atoms with Crippen molar-refractivity contribution in [3.8, 4) is 5.75 Å². The number of amides is 2.